The van der Waals surface area contributed by atoms with E-state index in [1.165, 1.54) is 24.3 Å². The lowest BCUT2D eigenvalue weighted by atomic mass is 10.2. The molecule has 0 aliphatic carbocycles. The highest BCUT2D eigenvalue weighted by atomic mass is 35.5. The van der Waals surface area contributed by atoms with Crippen molar-refractivity contribution >= 4 is 31.3 Å². The number of hydrogen-bond acceptors (Lipinski definition) is 6. The topological polar surface area (TPSA) is 94.3 Å². The Balaban J connectivity index is 2.24. The van der Waals surface area contributed by atoms with E-state index in [0.717, 1.165) is 6.26 Å². The van der Waals surface area contributed by atoms with Crippen LogP contribution in [0.15, 0.2) is 74.0 Å². The maximum atomic E-state index is 12.8. The van der Waals surface area contributed by atoms with E-state index in [9.17, 15) is 16.8 Å². The van der Waals surface area contributed by atoms with Crippen LogP contribution >= 0.6 is 11.6 Å². The van der Waals surface area contributed by atoms with Gasteiger partial charge in [0.05, 0.1) is 4.90 Å². The molecule has 130 valence electrons. The lowest BCUT2D eigenvalue weighted by Crippen LogP contribution is -2.08. The molecule has 0 fully saturated rings. The molecule has 1 heterocycles. The first-order valence-electron chi connectivity index (χ1n) is 6.96. The van der Waals surface area contributed by atoms with Gasteiger partial charge in [-0.15, -0.1) is 0 Å². The van der Waals surface area contributed by atoms with Crippen LogP contribution in [0.1, 0.15) is 0 Å². The van der Waals surface area contributed by atoms with Gasteiger partial charge in [0, 0.05) is 16.8 Å². The smallest absolute Gasteiger partial charge is 0.258 e. The Kier molecular flexibility index (Phi) is 4.44. The lowest BCUT2D eigenvalue weighted by Gasteiger charge is -2.02. The molecule has 3 rings (SSSR count). The Morgan fingerprint density at radius 2 is 1.52 bits per heavy atom. The molecule has 0 radical (unpaired) electrons. The third kappa shape index (κ3) is 3.46. The average Bonchev–Trinajstić information content (AvgIpc) is 3.02. The molecule has 0 aliphatic rings. The summed E-state index contributed by atoms with van der Waals surface area (Å²) in [6, 6.07) is 13.8. The van der Waals surface area contributed by atoms with Gasteiger partial charge >= 0.3 is 0 Å². The van der Waals surface area contributed by atoms with Gasteiger partial charge in [-0.2, -0.15) is 4.98 Å². The quantitative estimate of drug-likeness (QED) is 0.670. The zero-order chi connectivity index (χ0) is 18.2. The minimum absolute atomic E-state index is 0.0893. The van der Waals surface area contributed by atoms with E-state index < -0.39 is 29.8 Å². The van der Waals surface area contributed by atoms with E-state index in [0.29, 0.717) is 10.6 Å². The van der Waals surface area contributed by atoms with Gasteiger partial charge in [0.15, 0.2) is 0 Å². The molecule has 0 unspecified atom stereocenters. The SMILES string of the molecule is CS(=O)(=O)c1oc(-c2ccccc2)nc1S(=O)(=O)c1ccc(Cl)cc1. The van der Waals surface area contributed by atoms with E-state index >= 15 is 0 Å². The van der Waals surface area contributed by atoms with Crippen molar-refractivity contribution in [2.24, 2.45) is 0 Å². The predicted molar refractivity (Wildman–Crippen MR) is 92.0 cm³/mol. The molecular weight excluding hydrogens is 386 g/mol. The molecule has 0 saturated carbocycles. The summed E-state index contributed by atoms with van der Waals surface area (Å²) in [5, 5.41) is -0.982. The van der Waals surface area contributed by atoms with Crippen LogP contribution in [0.5, 0.6) is 0 Å². The van der Waals surface area contributed by atoms with Crippen LogP contribution in [0.3, 0.4) is 0 Å². The Morgan fingerprint density at radius 1 is 0.920 bits per heavy atom. The molecule has 0 atom stereocenters. The maximum Gasteiger partial charge on any atom is 0.258 e. The molecule has 25 heavy (non-hydrogen) atoms. The average molecular weight is 398 g/mol. The highest BCUT2D eigenvalue weighted by molar-refractivity contribution is 7.94. The molecule has 1 aromatic heterocycles. The van der Waals surface area contributed by atoms with Crippen molar-refractivity contribution in [3.8, 4) is 11.5 Å². The van der Waals surface area contributed by atoms with Gasteiger partial charge in [-0.05, 0) is 36.4 Å². The fraction of sp³-hybridized carbons (Fsp3) is 0.0625. The molecule has 0 bridgehead atoms. The molecular formula is C16H12ClNO5S2. The normalized spacial score (nSPS) is 12.2. The Hall–Kier alpha value is -2.16. The number of sulfone groups is 2. The van der Waals surface area contributed by atoms with Gasteiger partial charge in [-0.3, -0.25) is 0 Å². The summed E-state index contributed by atoms with van der Waals surface area (Å²) in [5.41, 5.74) is 0.463. The van der Waals surface area contributed by atoms with Crippen molar-refractivity contribution in [2.45, 2.75) is 15.0 Å². The summed E-state index contributed by atoms with van der Waals surface area (Å²) >= 11 is 5.77. The number of aromatic nitrogens is 1. The molecule has 0 N–H and O–H groups in total. The lowest BCUT2D eigenvalue weighted by molar-refractivity contribution is 0.447. The molecule has 0 spiro atoms. The van der Waals surface area contributed by atoms with Gasteiger partial charge < -0.3 is 4.42 Å². The van der Waals surface area contributed by atoms with Crippen molar-refractivity contribution in [3.63, 3.8) is 0 Å². The largest absolute Gasteiger partial charge is 0.423 e. The monoisotopic (exact) mass is 397 g/mol. The van der Waals surface area contributed by atoms with Crippen LogP contribution in [-0.4, -0.2) is 28.1 Å². The third-order valence-electron chi connectivity index (χ3n) is 3.30. The zero-order valence-electron chi connectivity index (χ0n) is 12.9. The van der Waals surface area contributed by atoms with Crippen molar-refractivity contribution in [1.29, 1.82) is 0 Å². The number of halogens is 1. The number of benzene rings is 2. The van der Waals surface area contributed by atoms with E-state index in [4.69, 9.17) is 16.0 Å². The van der Waals surface area contributed by atoms with Crippen molar-refractivity contribution in [3.05, 3.63) is 59.6 Å². The number of nitrogens with zero attached hydrogens (tertiary/aromatic N) is 1. The summed E-state index contributed by atoms with van der Waals surface area (Å²) in [4.78, 5) is 3.82. The Labute approximate surface area is 149 Å². The van der Waals surface area contributed by atoms with E-state index in [1.54, 1.807) is 30.3 Å². The molecule has 0 amide bonds. The predicted octanol–water partition coefficient (Wildman–Crippen LogP) is 3.23. The number of hydrogen-bond donors (Lipinski definition) is 0. The second-order valence-corrected chi connectivity index (χ2v) is 9.42. The number of oxazole rings is 1. The van der Waals surface area contributed by atoms with E-state index in [-0.39, 0.29) is 10.8 Å². The minimum atomic E-state index is -4.20. The molecule has 2 aromatic carbocycles. The van der Waals surface area contributed by atoms with Crippen LogP contribution in [-0.2, 0) is 19.7 Å². The van der Waals surface area contributed by atoms with Crippen LogP contribution in [0, 0.1) is 0 Å². The first-order valence-corrected chi connectivity index (χ1v) is 10.7. The van der Waals surface area contributed by atoms with Crippen LogP contribution in [0.4, 0.5) is 0 Å². The first-order chi connectivity index (χ1) is 11.7. The summed E-state index contributed by atoms with van der Waals surface area (Å²) in [6.07, 6.45) is 0.864. The highest BCUT2D eigenvalue weighted by Crippen LogP contribution is 2.31. The van der Waals surface area contributed by atoms with Gasteiger partial charge in [0.2, 0.25) is 30.6 Å². The molecule has 3 aromatic rings. The fourth-order valence-electron chi connectivity index (χ4n) is 2.13. The van der Waals surface area contributed by atoms with Crippen LogP contribution in [0.25, 0.3) is 11.5 Å². The molecule has 0 saturated heterocycles. The summed E-state index contributed by atoms with van der Waals surface area (Å²) < 4.78 is 55.0. The standard InChI is InChI=1S/C16H12ClNO5S2/c1-24(19,20)16-15(18-14(23-16)11-5-3-2-4-6-11)25(21,22)13-9-7-12(17)8-10-13/h2-10H,1H3. The van der Waals surface area contributed by atoms with Crippen molar-refractivity contribution in [1.82, 2.24) is 4.98 Å². The zero-order valence-corrected chi connectivity index (χ0v) is 15.3. The Morgan fingerprint density at radius 3 is 2.08 bits per heavy atom. The van der Waals surface area contributed by atoms with Crippen LogP contribution in [0.2, 0.25) is 5.02 Å². The van der Waals surface area contributed by atoms with Crippen LogP contribution < -0.4 is 0 Å². The van der Waals surface area contributed by atoms with Gasteiger partial charge in [0.25, 0.3) is 5.09 Å². The van der Waals surface area contributed by atoms with E-state index in [1.807, 2.05) is 0 Å². The van der Waals surface area contributed by atoms with Crippen molar-refractivity contribution in [2.75, 3.05) is 6.26 Å². The second kappa shape index (κ2) is 6.29. The minimum Gasteiger partial charge on any atom is -0.423 e. The number of rotatable bonds is 4. The third-order valence-corrected chi connectivity index (χ3v) is 6.31. The van der Waals surface area contributed by atoms with Gasteiger partial charge in [-0.1, -0.05) is 29.8 Å². The Bertz CT molecular complexity index is 1120. The van der Waals surface area contributed by atoms with Gasteiger partial charge in [-0.25, -0.2) is 16.8 Å². The second-order valence-electron chi connectivity index (χ2n) is 5.21. The molecule has 9 heteroatoms. The van der Waals surface area contributed by atoms with E-state index in [2.05, 4.69) is 4.98 Å². The van der Waals surface area contributed by atoms with Gasteiger partial charge in [0.1, 0.15) is 0 Å². The molecule has 6 nitrogen and oxygen atoms in total. The maximum absolute atomic E-state index is 12.8. The van der Waals surface area contributed by atoms with Crippen molar-refractivity contribution < 1.29 is 21.3 Å². The summed E-state index contributed by atoms with van der Waals surface area (Å²) in [5.74, 6) is -0.0893. The fourth-order valence-corrected chi connectivity index (χ4v) is 4.81. The highest BCUT2D eigenvalue weighted by Gasteiger charge is 2.33. The first kappa shape index (κ1) is 17.7. The summed E-state index contributed by atoms with van der Waals surface area (Å²) in [6.45, 7) is 0. The molecule has 0 aliphatic heterocycles. The summed E-state index contributed by atoms with van der Waals surface area (Å²) in [7, 11) is -8.15.